The maximum Gasteiger partial charge on any atom is 0.417 e. The molecule has 0 radical (unpaired) electrons. The average molecular weight is 507 g/mol. The van der Waals surface area contributed by atoms with E-state index in [-0.39, 0.29) is 18.2 Å². The van der Waals surface area contributed by atoms with Gasteiger partial charge in [-0.05, 0) is 45.9 Å². The quantitative estimate of drug-likeness (QED) is 0.373. The van der Waals surface area contributed by atoms with Gasteiger partial charge in [0.05, 0.1) is 30.1 Å². The van der Waals surface area contributed by atoms with E-state index in [1.54, 1.807) is 49.2 Å². The molecule has 0 atom stereocenters. The molecular formula is C26H27FN6O4. The van der Waals surface area contributed by atoms with Gasteiger partial charge in [-0.2, -0.15) is 5.10 Å². The van der Waals surface area contributed by atoms with Crippen LogP contribution < -0.4 is 9.64 Å². The third-order valence-electron chi connectivity index (χ3n) is 6.00. The van der Waals surface area contributed by atoms with E-state index in [9.17, 15) is 9.59 Å². The van der Waals surface area contributed by atoms with E-state index < -0.39 is 17.5 Å². The van der Waals surface area contributed by atoms with Crippen molar-refractivity contribution in [3.63, 3.8) is 0 Å². The summed E-state index contributed by atoms with van der Waals surface area (Å²) in [5, 5.41) is 4.39. The Kier molecular flexibility index (Phi) is 5.93. The predicted octanol–water partition coefficient (Wildman–Crippen LogP) is 4.27. The number of benzene rings is 1. The first kappa shape index (κ1) is 24.4. The second-order valence-corrected chi connectivity index (χ2v) is 9.91. The van der Waals surface area contributed by atoms with Crippen LogP contribution in [0.15, 0.2) is 30.6 Å². The Hall–Kier alpha value is -4.28. The third-order valence-corrected chi connectivity index (χ3v) is 6.00. The van der Waals surface area contributed by atoms with Crippen LogP contribution in [0.4, 0.5) is 15.1 Å². The van der Waals surface area contributed by atoms with E-state index in [0.717, 1.165) is 11.4 Å². The molecule has 0 fully saturated rings. The van der Waals surface area contributed by atoms with Crippen LogP contribution >= 0.6 is 0 Å². The van der Waals surface area contributed by atoms with Crippen molar-refractivity contribution in [2.75, 3.05) is 11.5 Å². The van der Waals surface area contributed by atoms with Crippen molar-refractivity contribution in [2.24, 2.45) is 7.05 Å². The number of aryl methyl sites for hydroxylation is 2. The van der Waals surface area contributed by atoms with Crippen LogP contribution in [0.1, 0.15) is 48.1 Å². The van der Waals surface area contributed by atoms with Gasteiger partial charge in [0.25, 0.3) is 0 Å². The zero-order valence-corrected chi connectivity index (χ0v) is 21.3. The second kappa shape index (κ2) is 8.99. The molecule has 192 valence electrons. The number of hydrogen-bond acceptors (Lipinski definition) is 7. The lowest BCUT2D eigenvalue weighted by molar-refractivity contribution is 0.0574. The predicted molar refractivity (Wildman–Crippen MR) is 133 cm³/mol. The number of amides is 1. The largest absolute Gasteiger partial charge is 0.493 e. The molecule has 4 heterocycles. The molecular weight excluding hydrogens is 479 g/mol. The van der Waals surface area contributed by atoms with Gasteiger partial charge in [0, 0.05) is 37.0 Å². The van der Waals surface area contributed by atoms with Crippen LogP contribution in [0.5, 0.6) is 5.75 Å². The van der Waals surface area contributed by atoms with Crippen LogP contribution in [0.25, 0.3) is 16.9 Å². The first-order valence-electron chi connectivity index (χ1n) is 11.8. The summed E-state index contributed by atoms with van der Waals surface area (Å²) in [5.74, 6) is 0.255. The number of carbonyl (C=O) groups excluding carboxylic acids is 2. The monoisotopic (exact) mass is 506 g/mol. The van der Waals surface area contributed by atoms with E-state index in [1.807, 2.05) is 13.0 Å². The zero-order valence-electron chi connectivity index (χ0n) is 21.3. The molecule has 0 N–H and O–H groups in total. The van der Waals surface area contributed by atoms with Crippen molar-refractivity contribution in [1.82, 2.24) is 24.1 Å². The number of aldehydes is 1. The van der Waals surface area contributed by atoms with Gasteiger partial charge in [0.15, 0.2) is 11.9 Å². The Morgan fingerprint density at radius 1 is 1.32 bits per heavy atom. The fourth-order valence-electron chi connectivity index (χ4n) is 4.46. The fourth-order valence-corrected chi connectivity index (χ4v) is 4.46. The van der Waals surface area contributed by atoms with E-state index in [1.165, 1.54) is 17.2 Å². The maximum absolute atomic E-state index is 15.1. The normalized spacial score (nSPS) is 12.9. The number of anilines is 1. The molecule has 10 nitrogen and oxygen atoms in total. The summed E-state index contributed by atoms with van der Waals surface area (Å²) in [6.45, 7) is 7.38. The molecule has 5 rings (SSSR count). The summed E-state index contributed by atoms with van der Waals surface area (Å²) in [7, 11) is 1.80. The minimum atomic E-state index is -0.816. The number of nitrogens with zero attached hydrogens (tertiary/aromatic N) is 6. The van der Waals surface area contributed by atoms with Crippen LogP contribution in [0.2, 0.25) is 0 Å². The first-order chi connectivity index (χ1) is 17.6. The molecule has 0 unspecified atom stereocenters. The number of carbonyl (C=O) groups is 2. The number of aromatic nitrogens is 5. The summed E-state index contributed by atoms with van der Waals surface area (Å²) in [6.07, 6.45) is 3.47. The molecule has 0 spiro atoms. The highest BCUT2D eigenvalue weighted by Gasteiger charge is 2.31. The zero-order chi connectivity index (χ0) is 26.5. The van der Waals surface area contributed by atoms with E-state index in [2.05, 4.69) is 15.1 Å². The van der Waals surface area contributed by atoms with Gasteiger partial charge >= 0.3 is 6.09 Å². The molecule has 1 amide bonds. The van der Waals surface area contributed by atoms with Crippen molar-refractivity contribution in [1.29, 1.82) is 0 Å². The lowest BCUT2D eigenvalue weighted by Gasteiger charge is -2.28. The summed E-state index contributed by atoms with van der Waals surface area (Å²) in [5.41, 5.74) is 2.90. The molecule has 0 saturated heterocycles. The Bertz CT molecular complexity index is 1530. The van der Waals surface area contributed by atoms with Crippen LogP contribution in [0, 0.1) is 12.7 Å². The number of hydrogen-bond donors (Lipinski definition) is 0. The van der Waals surface area contributed by atoms with E-state index in [4.69, 9.17) is 9.47 Å². The standard InChI is InChI=1S/C26H27FN6O4/c1-15-10-21(31(5)30-15)18-11-28-24(32-12-16(14-34)29-23(18)32)33(25(35)37-26(2,3)4)13-19-17-8-9-36-22(17)7-6-20(19)27/h6-7,10-12,14H,8-9,13H2,1-5H3. The molecule has 0 aliphatic carbocycles. The first-order valence-corrected chi connectivity index (χ1v) is 11.8. The summed E-state index contributed by atoms with van der Waals surface area (Å²) in [6, 6.07) is 4.79. The van der Waals surface area contributed by atoms with E-state index >= 15 is 4.39 Å². The number of ether oxygens (including phenoxy) is 2. The van der Waals surface area contributed by atoms with Gasteiger partial charge in [-0.1, -0.05) is 0 Å². The van der Waals surface area contributed by atoms with Gasteiger partial charge in [-0.25, -0.2) is 24.1 Å². The molecule has 4 aromatic rings. The summed E-state index contributed by atoms with van der Waals surface area (Å²) in [4.78, 5) is 35.5. The molecule has 0 bridgehead atoms. The number of halogens is 1. The Balaban J connectivity index is 1.69. The topological polar surface area (TPSA) is 104 Å². The molecule has 1 aliphatic heterocycles. The molecule has 3 aromatic heterocycles. The SMILES string of the molecule is Cc1cc(-c2cnc(N(Cc3c(F)ccc4c3CCO4)C(=O)OC(C)(C)C)n3cc(C=O)nc23)n(C)n1. The second-order valence-electron chi connectivity index (χ2n) is 9.91. The fraction of sp³-hybridized carbons (Fsp3) is 0.346. The molecule has 37 heavy (non-hydrogen) atoms. The maximum atomic E-state index is 15.1. The minimum Gasteiger partial charge on any atom is -0.493 e. The van der Waals surface area contributed by atoms with Gasteiger partial charge in [-0.3, -0.25) is 13.9 Å². The minimum absolute atomic E-state index is 0.128. The lowest BCUT2D eigenvalue weighted by Crippen LogP contribution is -2.38. The highest BCUT2D eigenvalue weighted by Crippen LogP contribution is 2.33. The van der Waals surface area contributed by atoms with Crippen molar-refractivity contribution in [2.45, 2.75) is 46.3 Å². The van der Waals surface area contributed by atoms with Crippen LogP contribution in [-0.4, -0.2) is 48.7 Å². The van der Waals surface area contributed by atoms with Crippen molar-refractivity contribution < 1.29 is 23.5 Å². The molecule has 1 aromatic carbocycles. The smallest absolute Gasteiger partial charge is 0.417 e. The number of rotatable bonds is 5. The van der Waals surface area contributed by atoms with E-state index in [0.29, 0.717) is 47.4 Å². The van der Waals surface area contributed by atoms with Gasteiger partial charge < -0.3 is 9.47 Å². The highest BCUT2D eigenvalue weighted by atomic mass is 19.1. The molecule has 1 aliphatic rings. The van der Waals surface area contributed by atoms with Crippen molar-refractivity contribution in [3.05, 3.63) is 58.9 Å². The average Bonchev–Trinajstić information content (AvgIpc) is 3.55. The lowest BCUT2D eigenvalue weighted by atomic mass is 10.0. The van der Waals surface area contributed by atoms with Gasteiger partial charge in [-0.15, -0.1) is 0 Å². The Morgan fingerprint density at radius 3 is 2.78 bits per heavy atom. The number of imidazole rings is 1. The van der Waals surface area contributed by atoms with Crippen molar-refractivity contribution in [3.8, 4) is 17.0 Å². The third kappa shape index (κ3) is 4.52. The Morgan fingerprint density at radius 2 is 2.11 bits per heavy atom. The number of fused-ring (bicyclic) bond motifs is 2. The van der Waals surface area contributed by atoms with Gasteiger partial charge in [0.1, 0.15) is 22.9 Å². The summed E-state index contributed by atoms with van der Waals surface area (Å²) < 4.78 is 29.6. The van der Waals surface area contributed by atoms with Gasteiger partial charge in [0.2, 0.25) is 5.95 Å². The Labute approximate surface area is 212 Å². The van der Waals surface area contributed by atoms with Crippen LogP contribution in [0.3, 0.4) is 0 Å². The molecule has 0 saturated carbocycles. The molecule has 11 heteroatoms. The van der Waals surface area contributed by atoms with Crippen LogP contribution in [-0.2, 0) is 24.8 Å². The summed E-state index contributed by atoms with van der Waals surface area (Å²) >= 11 is 0. The highest BCUT2D eigenvalue weighted by molar-refractivity contribution is 5.88. The van der Waals surface area contributed by atoms with Crippen molar-refractivity contribution >= 4 is 24.0 Å².